The van der Waals surface area contributed by atoms with Crippen molar-refractivity contribution in [2.75, 3.05) is 13.6 Å². The molecule has 0 N–H and O–H groups in total. The first-order valence-corrected chi connectivity index (χ1v) is 7.80. The Labute approximate surface area is 114 Å². The van der Waals surface area contributed by atoms with Crippen molar-refractivity contribution < 1.29 is 12.8 Å². The van der Waals surface area contributed by atoms with Gasteiger partial charge in [-0.3, -0.25) is 0 Å². The number of rotatable bonds is 5. The van der Waals surface area contributed by atoms with Gasteiger partial charge in [0.2, 0.25) is 10.0 Å². The van der Waals surface area contributed by atoms with E-state index in [1.54, 1.807) is 20.9 Å². The van der Waals surface area contributed by atoms with Gasteiger partial charge in [-0.2, -0.15) is 0 Å². The van der Waals surface area contributed by atoms with E-state index in [0.29, 0.717) is 23.6 Å². The first-order chi connectivity index (χ1) is 8.21. The maximum atomic E-state index is 12.5. The van der Waals surface area contributed by atoms with E-state index < -0.39 is 10.0 Å². The highest BCUT2D eigenvalue weighted by Gasteiger charge is 2.30. The van der Waals surface area contributed by atoms with Gasteiger partial charge in [-0.1, -0.05) is 13.8 Å². The number of nitrogens with zero attached hydrogens (tertiary/aromatic N) is 1. The zero-order valence-electron chi connectivity index (χ0n) is 11.4. The van der Waals surface area contributed by atoms with E-state index in [4.69, 9.17) is 16.0 Å². The van der Waals surface area contributed by atoms with Crippen LogP contribution in [-0.2, 0) is 15.9 Å². The minimum Gasteiger partial charge on any atom is -0.465 e. The zero-order valence-corrected chi connectivity index (χ0v) is 13.0. The average molecular weight is 294 g/mol. The van der Waals surface area contributed by atoms with Gasteiger partial charge >= 0.3 is 0 Å². The van der Waals surface area contributed by atoms with Crippen molar-refractivity contribution in [1.29, 1.82) is 0 Å². The second-order valence-electron chi connectivity index (χ2n) is 4.84. The van der Waals surface area contributed by atoms with E-state index in [1.165, 1.54) is 4.31 Å². The van der Waals surface area contributed by atoms with Gasteiger partial charge in [0.1, 0.15) is 16.4 Å². The smallest absolute Gasteiger partial charge is 0.246 e. The zero-order chi connectivity index (χ0) is 14.1. The second kappa shape index (κ2) is 5.63. The summed E-state index contributed by atoms with van der Waals surface area (Å²) >= 11 is 5.82. The summed E-state index contributed by atoms with van der Waals surface area (Å²) in [7, 11) is -1.95. The minimum absolute atomic E-state index is 0.132. The highest BCUT2D eigenvalue weighted by atomic mass is 35.5. The molecule has 0 aromatic carbocycles. The monoisotopic (exact) mass is 293 g/mol. The van der Waals surface area contributed by atoms with Crippen molar-refractivity contribution >= 4 is 21.6 Å². The Bertz CT molecular complexity index is 520. The lowest BCUT2D eigenvalue weighted by atomic mass is 10.2. The number of sulfonamides is 1. The fraction of sp³-hybridized carbons (Fsp3) is 0.667. The largest absolute Gasteiger partial charge is 0.465 e. The molecule has 1 aromatic rings. The summed E-state index contributed by atoms with van der Waals surface area (Å²) in [5, 5.41) is 0. The van der Waals surface area contributed by atoms with Gasteiger partial charge < -0.3 is 4.42 Å². The van der Waals surface area contributed by atoms with E-state index in [2.05, 4.69) is 0 Å². The summed E-state index contributed by atoms with van der Waals surface area (Å²) < 4.78 is 31.7. The summed E-state index contributed by atoms with van der Waals surface area (Å²) in [4.78, 5) is 0.221. The molecule has 1 aromatic heterocycles. The van der Waals surface area contributed by atoms with E-state index in [9.17, 15) is 8.42 Å². The quantitative estimate of drug-likeness (QED) is 0.784. The third kappa shape index (κ3) is 2.90. The van der Waals surface area contributed by atoms with Crippen molar-refractivity contribution in [3.63, 3.8) is 0 Å². The molecule has 0 unspecified atom stereocenters. The Hall–Kier alpha value is -0.520. The lowest BCUT2D eigenvalue weighted by Crippen LogP contribution is -2.31. The lowest BCUT2D eigenvalue weighted by Gasteiger charge is -2.19. The summed E-state index contributed by atoms with van der Waals surface area (Å²) in [6.07, 6.45) is 0. The van der Waals surface area contributed by atoms with Gasteiger partial charge in [0.25, 0.3) is 0 Å². The van der Waals surface area contributed by atoms with Gasteiger partial charge in [-0.15, -0.1) is 11.6 Å². The number of alkyl halides is 1. The first kappa shape index (κ1) is 15.5. The fourth-order valence-electron chi connectivity index (χ4n) is 1.97. The topological polar surface area (TPSA) is 50.5 Å². The van der Waals surface area contributed by atoms with Crippen LogP contribution in [0, 0.1) is 19.8 Å². The predicted octanol–water partition coefficient (Wildman–Crippen LogP) is 2.91. The highest BCUT2D eigenvalue weighted by Crippen LogP contribution is 2.30. The molecule has 1 heterocycles. The van der Waals surface area contributed by atoms with Crippen LogP contribution in [0.1, 0.15) is 30.9 Å². The Balaban J connectivity index is 3.28. The Morgan fingerprint density at radius 2 is 1.83 bits per heavy atom. The number of furan rings is 1. The molecule has 18 heavy (non-hydrogen) atoms. The summed E-state index contributed by atoms with van der Waals surface area (Å²) in [5.41, 5.74) is 0.560. The molecule has 0 amide bonds. The standard InChI is InChI=1S/C12H20ClNO3S/c1-8(2)7-14(5)18(15,16)12-10(4)17-9(3)11(12)6-13/h8H,6-7H2,1-5H3. The molecule has 0 spiro atoms. The van der Waals surface area contributed by atoms with Crippen LogP contribution in [0.25, 0.3) is 0 Å². The van der Waals surface area contributed by atoms with Crippen LogP contribution < -0.4 is 0 Å². The van der Waals surface area contributed by atoms with Crippen LogP contribution in [0.15, 0.2) is 9.31 Å². The van der Waals surface area contributed by atoms with E-state index in [-0.39, 0.29) is 16.7 Å². The summed E-state index contributed by atoms with van der Waals surface area (Å²) in [5.74, 6) is 1.36. The van der Waals surface area contributed by atoms with Gasteiger partial charge in [0.15, 0.2) is 0 Å². The molecular formula is C12H20ClNO3S. The predicted molar refractivity (Wildman–Crippen MR) is 72.4 cm³/mol. The van der Waals surface area contributed by atoms with Gasteiger partial charge in [-0.05, 0) is 19.8 Å². The molecule has 0 aliphatic carbocycles. The third-order valence-corrected chi connectivity index (χ3v) is 5.04. The van der Waals surface area contributed by atoms with Crippen LogP contribution in [0.4, 0.5) is 0 Å². The van der Waals surface area contributed by atoms with Crippen molar-refractivity contribution in [2.24, 2.45) is 5.92 Å². The van der Waals surface area contributed by atoms with Crippen LogP contribution in [0.5, 0.6) is 0 Å². The number of hydrogen-bond donors (Lipinski definition) is 0. The van der Waals surface area contributed by atoms with Crippen LogP contribution >= 0.6 is 11.6 Å². The Morgan fingerprint density at radius 3 is 2.28 bits per heavy atom. The molecule has 0 aliphatic rings. The van der Waals surface area contributed by atoms with Gasteiger partial charge in [0.05, 0.1) is 5.88 Å². The molecule has 0 atom stereocenters. The molecule has 0 saturated carbocycles. The molecule has 0 fully saturated rings. The van der Waals surface area contributed by atoms with Crippen LogP contribution in [-0.4, -0.2) is 26.3 Å². The van der Waals surface area contributed by atoms with E-state index in [0.717, 1.165) is 0 Å². The minimum atomic E-state index is -3.53. The maximum Gasteiger partial charge on any atom is 0.246 e. The molecule has 0 saturated heterocycles. The number of hydrogen-bond acceptors (Lipinski definition) is 3. The summed E-state index contributed by atoms with van der Waals surface area (Å²) in [6.45, 7) is 7.79. The molecule has 104 valence electrons. The van der Waals surface area contributed by atoms with E-state index >= 15 is 0 Å². The van der Waals surface area contributed by atoms with Gasteiger partial charge in [0, 0.05) is 19.2 Å². The highest BCUT2D eigenvalue weighted by molar-refractivity contribution is 7.89. The normalized spacial score (nSPS) is 12.7. The molecule has 0 radical (unpaired) electrons. The van der Waals surface area contributed by atoms with Crippen molar-refractivity contribution in [1.82, 2.24) is 4.31 Å². The first-order valence-electron chi connectivity index (χ1n) is 5.83. The molecule has 0 bridgehead atoms. The maximum absolute atomic E-state index is 12.5. The molecule has 6 heteroatoms. The number of aryl methyl sites for hydroxylation is 2. The van der Waals surface area contributed by atoms with E-state index in [1.807, 2.05) is 13.8 Å². The van der Waals surface area contributed by atoms with Crippen molar-refractivity contribution in [3.05, 3.63) is 17.1 Å². The number of halogens is 1. The SMILES string of the molecule is Cc1oc(C)c(S(=O)(=O)N(C)CC(C)C)c1CCl. The molecular weight excluding hydrogens is 274 g/mol. The van der Waals surface area contributed by atoms with Gasteiger partial charge in [-0.25, -0.2) is 12.7 Å². The van der Waals surface area contributed by atoms with Crippen molar-refractivity contribution in [2.45, 2.75) is 38.5 Å². The lowest BCUT2D eigenvalue weighted by molar-refractivity contribution is 0.415. The third-order valence-electron chi connectivity index (χ3n) is 2.75. The Kier molecular flexibility index (Phi) is 4.86. The molecule has 0 aliphatic heterocycles. The summed E-state index contributed by atoms with van der Waals surface area (Å²) in [6, 6.07) is 0. The molecule has 1 rings (SSSR count). The molecule has 4 nitrogen and oxygen atoms in total. The van der Waals surface area contributed by atoms with Crippen LogP contribution in [0.3, 0.4) is 0 Å². The average Bonchev–Trinajstić information content (AvgIpc) is 2.52. The second-order valence-corrected chi connectivity index (χ2v) is 7.08. The fourth-order valence-corrected chi connectivity index (χ4v) is 4.11. The van der Waals surface area contributed by atoms with Crippen LogP contribution in [0.2, 0.25) is 0 Å². The Morgan fingerprint density at radius 1 is 1.28 bits per heavy atom. The van der Waals surface area contributed by atoms with Crippen molar-refractivity contribution in [3.8, 4) is 0 Å².